The summed E-state index contributed by atoms with van der Waals surface area (Å²) in [6.45, 7) is 1.01. The van der Waals surface area contributed by atoms with Crippen LogP contribution in [-0.2, 0) is 14.6 Å². The van der Waals surface area contributed by atoms with Crippen molar-refractivity contribution in [3.8, 4) is 5.75 Å². The minimum absolute atomic E-state index is 0.0633. The van der Waals surface area contributed by atoms with Gasteiger partial charge < -0.3 is 9.47 Å². The lowest BCUT2D eigenvalue weighted by Crippen LogP contribution is -2.09. The fraction of sp³-hybridized carbons (Fsp3) is 0.200. The summed E-state index contributed by atoms with van der Waals surface area (Å²) >= 11 is 6.60. The topological polar surface area (TPSA) is 55.9 Å². The standard InChI is InChI=1S/C15H12Br2O4S/c16-10-5-6-12(17)15(7-10)22(18,19)14-4-2-1-3-13(14)21-9-11-8-20-11/h1-7,11H,8-9H2. The highest BCUT2D eigenvalue weighted by atomic mass is 79.9. The molecule has 0 spiro atoms. The van der Waals surface area contributed by atoms with Gasteiger partial charge in [-0.2, -0.15) is 0 Å². The highest BCUT2D eigenvalue weighted by molar-refractivity contribution is 9.11. The van der Waals surface area contributed by atoms with Gasteiger partial charge in [0.25, 0.3) is 0 Å². The first-order chi connectivity index (χ1) is 10.5. The van der Waals surface area contributed by atoms with E-state index in [4.69, 9.17) is 9.47 Å². The predicted molar refractivity (Wildman–Crippen MR) is 89.0 cm³/mol. The Bertz CT molecular complexity index is 801. The molecule has 4 nitrogen and oxygen atoms in total. The van der Waals surface area contributed by atoms with Crippen LogP contribution in [0.4, 0.5) is 0 Å². The van der Waals surface area contributed by atoms with Crippen molar-refractivity contribution in [3.05, 3.63) is 51.4 Å². The molecule has 1 saturated heterocycles. The molecule has 7 heteroatoms. The second-order valence-electron chi connectivity index (χ2n) is 4.79. The molecule has 0 aromatic heterocycles. The first-order valence-electron chi connectivity index (χ1n) is 6.52. The van der Waals surface area contributed by atoms with Crippen LogP contribution in [0.5, 0.6) is 5.75 Å². The molecule has 116 valence electrons. The molecule has 1 unspecified atom stereocenters. The van der Waals surface area contributed by atoms with Crippen molar-refractivity contribution in [2.45, 2.75) is 15.9 Å². The van der Waals surface area contributed by atoms with Gasteiger partial charge in [0.15, 0.2) is 0 Å². The van der Waals surface area contributed by atoms with Crippen LogP contribution in [0.15, 0.2) is 61.2 Å². The molecule has 0 N–H and O–H groups in total. The fourth-order valence-electron chi connectivity index (χ4n) is 1.94. The summed E-state index contributed by atoms with van der Waals surface area (Å²) in [4.78, 5) is 0.343. The number of rotatable bonds is 5. The van der Waals surface area contributed by atoms with Crippen molar-refractivity contribution in [1.29, 1.82) is 0 Å². The van der Waals surface area contributed by atoms with Crippen LogP contribution >= 0.6 is 31.9 Å². The van der Waals surface area contributed by atoms with E-state index in [1.54, 1.807) is 42.5 Å². The van der Waals surface area contributed by atoms with Gasteiger partial charge in [-0.05, 0) is 46.3 Å². The summed E-state index contributed by atoms with van der Waals surface area (Å²) in [5.41, 5.74) is 0. The van der Waals surface area contributed by atoms with Crippen molar-refractivity contribution >= 4 is 41.7 Å². The van der Waals surface area contributed by atoms with Crippen LogP contribution in [-0.4, -0.2) is 27.7 Å². The van der Waals surface area contributed by atoms with Crippen LogP contribution in [0.3, 0.4) is 0 Å². The summed E-state index contributed by atoms with van der Waals surface area (Å²) in [5.74, 6) is 0.338. The Hall–Kier alpha value is -0.890. The number of ether oxygens (including phenoxy) is 2. The average molecular weight is 448 g/mol. The van der Waals surface area contributed by atoms with Crippen LogP contribution in [0.25, 0.3) is 0 Å². The molecule has 0 saturated carbocycles. The summed E-state index contributed by atoms with van der Waals surface area (Å²) in [6, 6.07) is 11.7. The van der Waals surface area contributed by atoms with Crippen LogP contribution in [0, 0.1) is 0 Å². The molecular weight excluding hydrogens is 436 g/mol. The molecule has 2 aromatic carbocycles. The van der Waals surface area contributed by atoms with Gasteiger partial charge in [0.1, 0.15) is 23.4 Å². The van der Waals surface area contributed by atoms with Gasteiger partial charge >= 0.3 is 0 Å². The Labute approximate surface area is 145 Å². The number of epoxide rings is 1. The maximum absolute atomic E-state index is 12.9. The first kappa shape index (κ1) is 16.0. The normalized spacial score (nSPS) is 17.3. The zero-order valence-corrected chi connectivity index (χ0v) is 15.3. The van der Waals surface area contributed by atoms with Gasteiger partial charge in [-0.25, -0.2) is 8.42 Å². The number of hydrogen-bond acceptors (Lipinski definition) is 4. The van der Waals surface area contributed by atoms with Crippen LogP contribution < -0.4 is 4.74 Å². The van der Waals surface area contributed by atoms with Crippen molar-refractivity contribution in [2.75, 3.05) is 13.2 Å². The van der Waals surface area contributed by atoms with E-state index in [0.717, 1.165) is 0 Å². The smallest absolute Gasteiger partial charge is 0.211 e. The van der Waals surface area contributed by atoms with Gasteiger partial charge in [-0.15, -0.1) is 0 Å². The Balaban J connectivity index is 2.02. The van der Waals surface area contributed by atoms with E-state index in [-0.39, 0.29) is 15.9 Å². The van der Waals surface area contributed by atoms with E-state index in [9.17, 15) is 8.42 Å². The zero-order chi connectivity index (χ0) is 15.7. The molecule has 0 amide bonds. The number of para-hydroxylation sites is 1. The fourth-order valence-corrected chi connectivity index (χ4v) is 4.83. The Morgan fingerprint density at radius 3 is 2.59 bits per heavy atom. The molecule has 1 aliphatic heterocycles. The third-order valence-corrected chi connectivity index (χ3v) is 6.43. The first-order valence-corrected chi connectivity index (χ1v) is 9.59. The lowest BCUT2D eigenvalue weighted by atomic mass is 10.3. The summed E-state index contributed by atoms with van der Waals surface area (Å²) in [5, 5.41) is 0. The minimum Gasteiger partial charge on any atom is -0.489 e. The molecule has 3 rings (SSSR count). The maximum atomic E-state index is 12.9. The van der Waals surface area contributed by atoms with E-state index < -0.39 is 9.84 Å². The number of halogens is 2. The SMILES string of the molecule is O=S(=O)(c1cc(Br)ccc1Br)c1ccccc1OCC1CO1. The van der Waals surface area contributed by atoms with Crippen LogP contribution in [0.2, 0.25) is 0 Å². The van der Waals surface area contributed by atoms with Gasteiger partial charge in [0.05, 0.1) is 11.5 Å². The van der Waals surface area contributed by atoms with Crippen molar-refractivity contribution in [3.63, 3.8) is 0 Å². The molecule has 1 heterocycles. The van der Waals surface area contributed by atoms with Crippen LogP contribution in [0.1, 0.15) is 0 Å². The Morgan fingerprint density at radius 2 is 1.86 bits per heavy atom. The van der Waals surface area contributed by atoms with Crippen molar-refractivity contribution in [2.24, 2.45) is 0 Å². The minimum atomic E-state index is -3.69. The number of hydrogen-bond donors (Lipinski definition) is 0. The van der Waals surface area contributed by atoms with Crippen molar-refractivity contribution in [1.82, 2.24) is 0 Å². The summed E-state index contributed by atoms with van der Waals surface area (Å²) in [6.07, 6.45) is 0.0633. The molecular formula is C15H12Br2O4S. The Morgan fingerprint density at radius 1 is 1.14 bits per heavy atom. The van der Waals surface area contributed by atoms with E-state index >= 15 is 0 Å². The average Bonchev–Trinajstić information content (AvgIpc) is 3.32. The van der Waals surface area contributed by atoms with Gasteiger partial charge in [-0.1, -0.05) is 28.1 Å². The lowest BCUT2D eigenvalue weighted by molar-refractivity contribution is 0.258. The van der Waals surface area contributed by atoms with E-state index in [0.29, 0.717) is 27.9 Å². The molecule has 22 heavy (non-hydrogen) atoms. The molecule has 0 aliphatic carbocycles. The van der Waals surface area contributed by atoms with Gasteiger partial charge in [-0.3, -0.25) is 0 Å². The third-order valence-electron chi connectivity index (χ3n) is 3.15. The Kier molecular flexibility index (Phi) is 4.59. The van der Waals surface area contributed by atoms with Gasteiger partial charge in [0, 0.05) is 8.95 Å². The molecule has 1 aliphatic rings. The highest BCUT2D eigenvalue weighted by Crippen LogP contribution is 2.34. The number of sulfone groups is 1. The van der Waals surface area contributed by atoms with Gasteiger partial charge in [0.2, 0.25) is 9.84 Å². The lowest BCUT2D eigenvalue weighted by Gasteiger charge is -2.12. The molecule has 1 fully saturated rings. The van der Waals surface area contributed by atoms with Crippen molar-refractivity contribution < 1.29 is 17.9 Å². The molecule has 2 aromatic rings. The third kappa shape index (κ3) is 3.37. The number of benzene rings is 2. The summed E-state index contributed by atoms with van der Waals surface area (Å²) in [7, 11) is -3.69. The largest absolute Gasteiger partial charge is 0.489 e. The second kappa shape index (κ2) is 6.31. The molecule has 1 atom stereocenters. The molecule has 0 bridgehead atoms. The van der Waals surface area contributed by atoms with E-state index in [1.165, 1.54) is 0 Å². The molecule has 0 radical (unpaired) electrons. The predicted octanol–water partition coefficient (Wildman–Crippen LogP) is 3.82. The van der Waals surface area contributed by atoms with E-state index in [1.807, 2.05) is 0 Å². The quantitative estimate of drug-likeness (QED) is 0.653. The monoisotopic (exact) mass is 446 g/mol. The second-order valence-corrected chi connectivity index (χ2v) is 8.45. The highest BCUT2D eigenvalue weighted by Gasteiger charge is 2.27. The van der Waals surface area contributed by atoms with E-state index in [2.05, 4.69) is 31.9 Å². The zero-order valence-electron chi connectivity index (χ0n) is 11.3. The maximum Gasteiger partial charge on any atom is 0.211 e. The summed E-state index contributed by atoms with van der Waals surface area (Å²) < 4.78 is 37.8.